The first-order valence-corrected chi connectivity index (χ1v) is 6.94. The maximum atomic E-state index is 4.04. The van der Waals surface area contributed by atoms with E-state index in [1.54, 1.807) is 0 Å². The Morgan fingerprint density at radius 3 is 2.55 bits per heavy atom. The summed E-state index contributed by atoms with van der Waals surface area (Å²) in [5.74, 6) is 0. The molecule has 1 aromatic heterocycles. The van der Waals surface area contributed by atoms with Crippen LogP contribution in [-0.2, 0) is 6.54 Å². The lowest BCUT2D eigenvalue weighted by molar-refractivity contribution is 0.578. The standard InChI is InChI=1S/C18H18N2/c1-14(20-13-15-9-11-19-12-10-15)17-8-4-6-16-5-2-3-7-18(16)17/h2-12,14,20H,13H2,1H3/t14-/m1/s1. The molecule has 1 N–H and O–H groups in total. The smallest absolute Gasteiger partial charge is 0.0301 e. The number of benzene rings is 2. The van der Waals surface area contributed by atoms with Crippen molar-refractivity contribution < 1.29 is 0 Å². The Balaban J connectivity index is 1.80. The van der Waals surface area contributed by atoms with E-state index in [2.05, 4.69) is 59.7 Å². The number of fused-ring (bicyclic) bond motifs is 1. The fourth-order valence-electron chi connectivity index (χ4n) is 2.51. The van der Waals surface area contributed by atoms with Gasteiger partial charge in [-0.1, -0.05) is 42.5 Å². The average Bonchev–Trinajstić information content (AvgIpc) is 2.53. The Bertz CT molecular complexity index is 687. The zero-order valence-electron chi connectivity index (χ0n) is 11.6. The second-order valence-corrected chi connectivity index (χ2v) is 5.03. The summed E-state index contributed by atoms with van der Waals surface area (Å²) in [6, 6.07) is 19.4. The van der Waals surface area contributed by atoms with E-state index in [-0.39, 0.29) is 0 Å². The molecule has 2 heteroatoms. The second kappa shape index (κ2) is 5.85. The summed E-state index contributed by atoms with van der Waals surface area (Å²) in [6.45, 7) is 3.07. The van der Waals surface area contributed by atoms with Crippen molar-refractivity contribution in [1.82, 2.24) is 10.3 Å². The zero-order chi connectivity index (χ0) is 13.8. The van der Waals surface area contributed by atoms with Crippen molar-refractivity contribution in [3.8, 4) is 0 Å². The van der Waals surface area contributed by atoms with Gasteiger partial charge in [0.25, 0.3) is 0 Å². The number of hydrogen-bond acceptors (Lipinski definition) is 2. The third-order valence-corrected chi connectivity index (χ3v) is 3.65. The van der Waals surface area contributed by atoms with Crippen molar-refractivity contribution in [1.29, 1.82) is 0 Å². The molecule has 0 saturated heterocycles. The van der Waals surface area contributed by atoms with Crippen molar-refractivity contribution in [2.45, 2.75) is 19.5 Å². The highest BCUT2D eigenvalue weighted by Gasteiger charge is 2.08. The van der Waals surface area contributed by atoms with Gasteiger partial charge in [-0.2, -0.15) is 0 Å². The van der Waals surface area contributed by atoms with E-state index in [9.17, 15) is 0 Å². The van der Waals surface area contributed by atoms with Crippen LogP contribution in [-0.4, -0.2) is 4.98 Å². The van der Waals surface area contributed by atoms with Crippen LogP contribution in [0.1, 0.15) is 24.1 Å². The van der Waals surface area contributed by atoms with Crippen LogP contribution in [0.2, 0.25) is 0 Å². The molecular weight excluding hydrogens is 244 g/mol. The van der Waals surface area contributed by atoms with E-state index in [4.69, 9.17) is 0 Å². The summed E-state index contributed by atoms with van der Waals surface area (Å²) in [4.78, 5) is 4.04. The summed E-state index contributed by atoms with van der Waals surface area (Å²) < 4.78 is 0. The summed E-state index contributed by atoms with van der Waals surface area (Å²) in [7, 11) is 0. The fourth-order valence-corrected chi connectivity index (χ4v) is 2.51. The summed E-state index contributed by atoms with van der Waals surface area (Å²) in [5.41, 5.74) is 2.60. The van der Waals surface area contributed by atoms with Crippen molar-refractivity contribution in [2.75, 3.05) is 0 Å². The molecule has 0 aliphatic carbocycles. The van der Waals surface area contributed by atoms with Crippen LogP contribution in [0, 0.1) is 0 Å². The Kier molecular flexibility index (Phi) is 3.75. The first-order valence-electron chi connectivity index (χ1n) is 6.94. The summed E-state index contributed by atoms with van der Waals surface area (Å²) in [5, 5.41) is 6.20. The second-order valence-electron chi connectivity index (χ2n) is 5.03. The van der Waals surface area contributed by atoms with Gasteiger partial charge in [0.2, 0.25) is 0 Å². The molecule has 0 fully saturated rings. The predicted molar refractivity (Wildman–Crippen MR) is 83.4 cm³/mol. The maximum absolute atomic E-state index is 4.04. The van der Waals surface area contributed by atoms with Crippen LogP contribution in [0.25, 0.3) is 10.8 Å². The molecule has 1 heterocycles. The van der Waals surface area contributed by atoms with Crippen molar-refractivity contribution in [3.05, 3.63) is 78.1 Å². The van der Waals surface area contributed by atoms with Crippen LogP contribution >= 0.6 is 0 Å². The molecule has 3 aromatic rings. The van der Waals surface area contributed by atoms with E-state index in [0.29, 0.717) is 6.04 Å². The lowest BCUT2D eigenvalue weighted by atomic mass is 9.99. The number of nitrogens with zero attached hydrogens (tertiary/aromatic N) is 1. The Morgan fingerprint density at radius 1 is 0.950 bits per heavy atom. The highest BCUT2D eigenvalue weighted by Crippen LogP contribution is 2.24. The Morgan fingerprint density at radius 2 is 1.70 bits per heavy atom. The lowest BCUT2D eigenvalue weighted by Crippen LogP contribution is -2.18. The zero-order valence-corrected chi connectivity index (χ0v) is 11.6. The third kappa shape index (κ3) is 2.70. The van der Waals surface area contributed by atoms with Crippen LogP contribution in [0.5, 0.6) is 0 Å². The van der Waals surface area contributed by atoms with Gasteiger partial charge >= 0.3 is 0 Å². The van der Waals surface area contributed by atoms with Crippen molar-refractivity contribution >= 4 is 10.8 Å². The molecule has 0 bridgehead atoms. The predicted octanol–water partition coefficient (Wildman–Crippen LogP) is 4.09. The van der Waals surface area contributed by atoms with Gasteiger partial charge < -0.3 is 5.32 Å². The van der Waals surface area contributed by atoms with Crippen LogP contribution in [0.3, 0.4) is 0 Å². The number of hydrogen-bond donors (Lipinski definition) is 1. The molecule has 1 atom stereocenters. The molecule has 0 spiro atoms. The monoisotopic (exact) mass is 262 g/mol. The molecule has 0 aliphatic heterocycles. The molecule has 0 unspecified atom stereocenters. The van der Waals surface area contributed by atoms with Gasteiger partial charge in [-0.15, -0.1) is 0 Å². The van der Waals surface area contributed by atoms with E-state index in [0.717, 1.165) is 6.54 Å². The molecule has 0 aliphatic rings. The Hall–Kier alpha value is -2.19. The van der Waals surface area contributed by atoms with Gasteiger partial charge in [-0.3, -0.25) is 4.98 Å². The van der Waals surface area contributed by atoms with E-state index < -0.39 is 0 Å². The quantitative estimate of drug-likeness (QED) is 0.766. The molecule has 0 radical (unpaired) electrons. The van der Waals surface area contributed by atoms with Crippen LogP contribution in [0.4, 0.5) is 0 Å². The first-order chi connectivity index (χ1) is 9.84. The number of rotatable bonds is 4. The molecule has 3 rings (SSSR count). The minimum absolute atomic E-state index is 0.314. The molecule has 0 amide bonds. The summed E-state index contributed by atoms with van der Waals surface area (Å²) >= 11 is 0. The van der Waals surface area contributed by atoms with Gasteiger partial charge in [0.15, 0.2) is 0 Å². The average molecular weight is 262 g/mol. The molecule has 2 aromatic carbocycles. The highest BCUT2D eigenvalue weighted by atomic mass is 14.9. The van der Waals surface area contributed by atoms with Gasteiger partial charge in [0.05, 0.1) is 0 Å². The molecule has 0 saturated carbocycles. The Labute approximate surface area is 119 Å². The number of aromatic nitrogens is 1. The minimum Gasteiger partial charge on any atom is -0.306 e. The minimum atomic E-state index is 0.314. The summed E-state index contributed by atoms with van der Waals surface area (Å²) in [6.07, 6.45) is 3.67. The van der Waals surface area contributed by atoms with Crippen LogP contribution in [0.15, 0.2) is 67.0 Å². The molecule has 20 heavy (non-hydrogen) atoms. The highest BCUT2D eigenvalue weighted by molar-refractivity contribution is 5.86. The van der Waals surface area contributed by atoms with Gasteiger partial charge in [0, 0.05) is 25.0 Å². The molecule has 100 valence electrons. The SMILES string of the molecule is C[C@@H](NCc1ccncc1)c1cccc2ccccc12. The van der Waals surface area contributed by atoms with E-state index >= 15 is 0 Å². The normalized spacial score (nSPS) is 12.4. The topological polar surface area (TPSA) is 24.9 Å². The van der Waals surface area contributed by atoms with Gasteiger partial charge in [-0.05, 0) is 41.0 Å². The largest absolute Gasteiger partial charge is 0.306 e. The van der Waals surface area contributed by atoms with Crippen molar-refractivity contribution in [3.63, 3.8) is 0 Å². The van der Waals surface area contributed by atoms with E-state index in [1.807, 2.05) is 24.5 Å². The van der Waals surface area contributed by atoms with Crippen molar-refractivity contribution in [2.24, 2.45) is 0 Å². The van der Waals surface area contributed by atoms with Gasteiger partial charge in [-0.25, -0.2) is 0 Å². The molecule has 2 nitrogen and oxygen atoms in total. The maximum Gasteiger partial charge on any atom is 0.0301 e. The number of nitrogens with one attached hydrogen (secondary N) is 1. The van der Waals surface area contributed by atoms with Gasteiger partial charge in [0.1, 0.15) is 0 Å². The lowest BCUT2D eigenvalue weighted by Gasteiger charge is -2.16. The van der Waals surface area contributed by atoms with E-state index in [1.165, 1.54) is 21.9 Å². The first kappa shape index (κ1) is 12.8. The molecular formula is C18H18N2. The van der Waals surface area contributed by atoms with Crippen LogP contribution < -0.4 is 5.32 Å². The number of pyridine rings is 1. The fraction of sp³-hybridized carbons (Fsp3) is 0.167. The third-order valence-electron chi connectivity index (χ3n) is 3.65.